The van der Waals surface area contributed by atoms with Crippen LogP contribution >= 0.6 is 11.8 Å². The van der Waals surface area contributed by atoms with Gasteiger partial charge in [0.05, 0.1) is 11.4 Å². The summed E-state index contributed by atoms with van der Waals surface area (Å²) >= 11 is 1.67. The van der Waals surface area contributed by atoms with Crippen LogP contribution in [0.25, 0.3) is 22.5 Å². The second kappa shape index (κ2) is 7.32. The molecule has 0 radical (unpaired) electrons. The molecule has 4 aromatic rings. The Kier molecular flexibility index (Phi) is 4.57. The van der Waals surface area contributed by atoms with E-state index in [1.807, 2.05) is 54.7 Å². The zero-order chi connectivity index (χ0) is 16.9. The number of hydrogen-bond acceptors (Lipinski definition) is 3. The molecule has 0 aliphatic rings. The van der Waals surface area contributed by atoms with E-state index in [0.29, 0.717) is 0 Å². The molecule has 0 fully saturated rings. The minimum Gasteiger partial charge on any atom is -0.256 e. The van der Waals surface area contributed by atoms with E-state index in [1.165, 1.54) is 4.90 Å². The lowest BCUT2D eigenvalue weighted by atomic mass is 10.1. The molecule has 0 aliphatic carbocycles. The number of aromatic nitrogens is 2. The van der Waals surface area contributed by atoms with Crippen molar-refractivity contribution in [1.29, 1.82) is 0 Å². The molecular formula is C22H16N2S. The predicted molar refractivity (Wildman–Crippen MR) is 103 cm³/mol. The van der Waals surface area contributed by atoms with Gasteiger partial charge in [-0.15, -0.1) is 0 Å². The van der Waals surface area contributed by atoms with Crippen molar-refractivity contribution in [1.82, 2.24) is 9.97 Å². The first-order valence-electron chi connectivity index (χ1n) is 8.10. The summed E-state index contributed by atoms with van der Waals surface area (Å²) in [5, 5.41) is 0.993. The van der Waals surface area contributed by atoms with Crippen LogP contribution in [-0.2, 0) is 0 Å². The van der Waals surface area contributed by atoms with Crippen molar-refractivity contribution in [3.63, 3.8) is 0 Å². The highest BCUT2D eigenvalue weighted by Crippen LogP contribution is 2.29. The van der Waals surface area contributed by atoms with Gasteiger partial charge in [0.1, 0.15) is 5.03 Å². The minimum atomic E-state index is 0.971. The van der Waals surface area contributed by atoms with Gasteiger partial charge in [0, 0.05) is 22.2 Å². The van der Waals surface area contributed by atoms with Gasteiger partial charge in [0.15, 0.2) is 0 Å². The third-order valence-electron chi connectivity index (χ3n) is 3.81. The summed E-state index contributed by atoms with van der Waals surface area (Å²) in [5.41, 5.74) is 4.14. The maximum atomic E-state index is 4.82. The number of pyridine rings is 2. The number of benzene rings is 2. The Bertz CT molecular complexity index is 969. The van der Waals surface area contributed by atoms with Gasteiger partial charge >= 0.3 is 0 Å². The Balaban J connectivity index is 1.65. The van der Waals surface area contributed by atoms with E-state index in [0.717, 1.165) is 27.5 Å². The maximum Gasteiger partial charge on any atom is 0.101 e. The summed E-state index contributed by atoms with van der Waals surface area (Å²) in [5.74, 6) is 0. The highest BCUT2D eigenvalue weighted by molar-refractivity contribution is 7.99. The second-order valence-electron chi connectivity index (χ2n) is 5.57. The third-order valence-corrected chi connectivity index (χ3v) is 4.75. The summed E-state index contributed by atoms with van der Waals surface area (Å²) in [6.07, 6.45) is 1.82. The smallest absolute Gasteiger partial charge is 0.101 e. The van der Waals surface area contributed by atoms with E-state index in [9.17, 15) is 0 Å². The third kappa shape index (κ3) is 3.78. The molecule has 2 aromatic carbocycles. The summed E-state index contributed by atoms with van der Waals surface area (Å²) < 4.78 is 0. The summed E-state index contributed by atoms with van der Waals surface area (Å²) in [6.45, 7) is 0. The fourth-order valence-corrected chi connectivity index (χ4v) is 3.44. The topological polar surface area (TPSA) is 25.8 Å². The van der Waals surface area contributed by atoms with Gasteiger partial charge in [-0.1, -0.05) is 60.3 Å². The van der Waals surface area contributed by atoms with Crippen molar-refractivity contribution in [2.24, 2.45) is 0 Å². The molecule has 120 valence electrons. The van der Waals surface area contributed by atoms with E-state index < -0.39 is 0 Å². The van der Waals surface area contributed by atoms with Crippen LogP contribution in [0.4, 0.5) is 0 Å². The van der Waals surface area contributed by atoms with E-state index in [1.54, 1.807) is 11.8 Å². The fourth-order valence-electron chi connectivity index (χ4n) is 2.61. The van der Waals surface area contributed by atoms with Crippen LogP contribution in [0.15, 0.2) is 107 Å². The first-order chi connectivity index (χ1) is 12.4. The molecule has 0 N–H and O–H groups in total. The maximum absolute atomic E-state index is 4.82. The highest BCUT2D eigenvalue weighted by atomic mass is 32.2. The molecule has 0 saturated heterocycles. The Hall–Kier alpha value is -2.91. The van der Waals surface area contributed by atoms with Crippen molar-refractivity contribution in [2.75, 3.05) is 0 Å². The number of nitrogens with zero attached hydrogens (tertiary/aromatic N) is 2. The molecule has 0 amide bonds. The molecular weight excluding hydrogens is 324 g/mol. The van der Waals surface area contributed by atoms with Crippen molar-refractivity contribution < 1.29 is 0 Å². The Morgan fingerprint density at radius 3 is 2.12 bits per heavy atom. The van der Waals surface area contributed by atoms with Crippen LogP contribution in [0.5, 0.6) is 0 Å². The molecule has 0 atom stereocenters. The first-order valence-corrected chi connectivity index (χ1v) is 8.92. The Labute approximate surface area is 151 Å². The lowest BCUT2D eigenvalue weighted by molar-refractivity contribution is 1.14. The van der Waals surface area contributed by atoms with Gasteiger partial charge in [-0.3, -0.25) is 4.98 Å². The average molecular weight is 340 g/mol. The van der Waals surface area contributed by atoms with Gasteiger partial charge in [-0.2, -0.15) is 0 Å². The van der Waals surface area contributed by atoms with Crippen LogP contribution in [0, 0.1) is 0 Å². The minimum absolute atomic E-state index is 0.971. The second-order valence-corrected chi connectivity index (χ2v) is 6.67. The summed E-state index contributed by atoms with van der Waals surface area (Å²) in [7, 11) is 0. The quantitative estimate of drug-likeness (QED) is 0.458. The summed E-state index contributed by atoms with van der Waals surface area (Å²) in [4.78, 5) is 10.4. The SMILES string of the molecule is c1ccc(Sc2cccc(-c3cccc(-c4ccccn4)c3)n2)cc1. The predicted octanol–water partition coefficient (Wildman–Crippen LogP) is 5.96. The van der Waals surface area contributed by atoms with E-state index >= 15 is 0 Å². The molecule has 0 spiro atoms. The largest absolute Gasteiger partial charge is 0.256 e. The molecule has 2 nitrogen and oxygen atoms in total. The monoisotopic (exact) mass is 340 g/mol. The fraction of sp³-hybridized carbons (Fsp3) is 0. The number of rotatable bonds is 4. The van der Waals surface area contributed by atoms with Gasteiger partial charge in [0.2, 0.25) is 0 Å². The van der Waals surface area contributed by atoms with Crippen LogP contribution in [0.3, 0.4) is 0 Å². The van der Waals surface area contributed by atoms with E-state index in [-0.39, 0.29) is 0 Å². The van der Waals surface area contributed by atoms with Crippen molar-refractivity contribution in [3.8, 4) is 22.5 Å². The highest BCUT2D eigenvalue weighted by Gasteiger charge is 2.05. The Morgan fingerprint density at radius 1 is 0.600 bits per heavy atom. The molecule has 0 bridgehead atoms. The molecule has 3 heteroatoms. The van der Waals surface area contributed by atoms with Gasteiger partial charge in [-0.05, 0) is 42.5 Å². The van der Waals surface area contributed by atoms with Gasteiger partial charge in [0.25, 0.3) is 0 Å². The van der Waals surface area contributed by atoms with E-state index in [2.05, 4.69) is 47.4 Å². The van der Waals surface area contributed by atoms with Crippen LogP contribution in [0.1, 0.15) is 0 Å². The van der Waals surface area contributed by atoms with Crippen LogP contribution in [-0.4, -0.2) is 9.97 Å². The van der Waals surface area contributed by atoms with Crippen molar-refractivity contribution in [2.45, 2.75) is 9.92 Å². The molecule has 0 aliphatic heterocycles. The zero-order valence-corrected chi connectivity index (χ0v) is 14.4. The van der Waals surface area contributed by atoms with E-state index in [4.69, 9.17) is 4.98 Å². The molecule has 25 heavy (non-hydrogen) atoms. The lowest BCUT2D eigenvalue weighted by Gasteiger charge is -2.07. The molecule has 2 aromatic heterocycles. The van der Waals surface area contributed by atoms with Gasteiger partial charge in [-0.25, -0.2) is 4.98 Å². The standard InChI is InChI=1S/C22H16N2S/c1-2-10-19(11-3-1)25-22-14-7-13-21(24-22)18-9-6-8-17(16-18)20-12-4-5-15-23-20/h1-16H. The van der Waals surface area contributed by atoms with Crippen molar-refractivity contribution in [3.05, 3.63) is 97.2 Å². The average Bonchev–Trinajstić information content (AvgIpc) is 2.70. The molecule has 2 heterocycles. The normalized spacial score (nSPS) is 10.6. The lowest BCUT2D eigenvalue weighted by Crippen LogP contribution is -1.88. The molecule has 4 rings (SSSR count). The molecule has 0 saturated carbocycles. The first kappa shape index (κ1) is 15.6. The van der Waals surface area contributed by atoms with Gasteiger partial charge < -0.3 is 0 Å². The van der Waals surface area contributed by atoms with Crippen molar-refractivity contribution >= 4 is 11.8 Å². The summed E-state index contributed by atoms with van der Waals surface area (Å²) in [6, 6.07) is 30.8. The Morgan fingerprint density at radius 2 is 1.32 bits per heavy atom. The molecule has 0 unspecified atom stereocenters. The van der Waals surface area contributed by atoms with Crippen LogP contribution < -0.4 is 0 Å². The number of hydrogen-bond donors (Lipinski definition) is 0. The zero-order valence-electron chi connectivity index (χ0n) is 13.5. The van der Waals surface area contributed by atoms with Crippen LogP contribution in [0.2, 0.25) is 0 Å².